The number of benzene rings is 3. The van der Waals surface area contributed by atoms with Gasteiger partial charge < -0.3 is 20.9 Å². The molecule has 3 rings (SSSR count). The molecule has 3 aromatic carbocycles. The second-order valence-corrected chi connectivity index (χ2v) is 7.66. The highest BCUT2D eigenvalue weighted by Crippen LogP contribution is 2.34. The number of alkyl halides is 3. The summed E-state index contributed by atoms with van der Waals surface area (Å²) in [5.41, 5.74) is 0.638. The summed E-state index contributed by atoms with van der Waals surface area (Å²) in [6, 6.07) is 15.6. The maximum atomic E-state index is 13.7. The lowest BCUT2D eigenvalue weighted by Gasteiger charge is -2.18. The van der Waals surface area contributed by atoms with E-state index in [1.807, 2.05) is 0 Å². The average molecular weight is 476 g/mol. The third-order valence-electron chi connectivity index (χ3n) is 4.54. The Bertz CT molecular complexity index is 1160. The Labute approximate surface area is 193 Å². The number of carbonyl (C=O) groups is 1. The van der Waals surface area contributed by atoms with Crippen molar-refractivity contribution in [1.82, 2.24) is 0 Å². The Balaban J connectivity index is 1.66. The molecule has 1 amide bonds. The lowest BCUT2D eigenvalue weighted by molar-refractivity contribution is -0.137. The van der Waals surface area contributed by atoms with Gasteiger partial charge in [0.1, 0.15) is 5.82 Å². The highest BCUT2D eigenvalue weighted by Gasteiger charge is 2.31. The smallest absolute Gasteiger partial charge is 0.378 e. The summed E-state index contributed by atoms with van der Waals surface area (Å²) < 4.78 is 53.4. The van der Waals surface area contributed by atoms with Gasteiger partial charge in [-0.15, -0.1) is 0 Å². The van der Waals surface area contributed by atoms with Gasteiger partial charge >= 0.3 is 6.18 Å². The first kappa shape index (κ1) is 24.0. The second-order valence-electron chi connectivity index (χ2n) is 7.25. The first-order valence-electron chi connectivity index (χ1n) is 9.66. The van der Waals surface area contributed by atoms with Gasteiger partial charge in [0.2, 0.25) is 0 Å². The molecule has 33 heavy (non-hydrogen) atoms. The molecule has 0 bridgehead atoms. The Morgan fingerprint density at radius 1 is 0.848 bits per heavy atom. The van der Waals surface area contributed by atoms with Crippen LogP contribution >= 0.6 is 12.2 Å². The number of rotatable bonds is 5. The first-order chi connectivity index (χ1) is 15.5. The standard InChI is InChI=1S/C23H20F4N4OS/c1-31(2)18-12-14(23(25,26)27)11-17(13-18)30-22(33)29-16-9-7-15(8-10-16)28-21(32)19-5-3-4-6-20(19)24/h3-13H,1-2H3,(H,28,32)(H2,29,30,33). The molecular weight excluding hydrogens is 456 g/mol. The van der Waals surface area contributed by atoms with Gasteiger partial charge in [-0.25, -0.2) is 4.39 Å². The molecule has 0 fully saturated rings. The molecule has 0 heterocycles. The van der Waals surface area contributed by atoms with Gasteiger partial charge in [0.15, 0.2) is 5.11 Å². The molecule has 0 saturated carbocycles. The fourth-order valence-corrected chi connectivity index (χ4v) is 3.12. The Hall–Kier alpha value is -3.66. The molecule has 0 spiro atoms. The van der Waals surface area contributed by atoms with Crippen LogP contribution in [0.15, 0.2) is 66.7 Å². The van der Waals surface area contributed by atoms with Crippen LogP contribution in [0.5, 0.6) is 0 Å². The van der Waals surface area contributed by atoms with Crippen LogP contribution in [0.4, 0.5) is 40.3 Å². The number of anilines is 4. The zero-order valence-corrected chi connectivity index (χ0v) is 18.4. The third-order valence-corrected chi connectivity index (χ3v) is 4.74. The van der Waals surface area contributed by atoms with E-state index >= 15 is 0 Å². The van der Waals surface area contributed by atoms with E-state index in [9.17, 15) is 22.4 Å². The summed E-state index contributed by atoms with van der Waals surface area (Å²) in [5.74, 6) is -1.22. The molecule has 0 unspecified atom stereocenters. The molecule has 172 valence electrons. The van der Waals surface area contributed by atoms with E-state index < -0.39 is 23.5 Å². The molecule has 0 aliphatic carbocycles. The van der Waals surface area contributed by atoms with Crippen LogP contribution < -0.4 is 20.9 Å². The summed E-state index contributed by atoms with van der Waals surface area (Å²) in [5, 5.41) is 8.30. The van der Waals surface area contributed by atoms with Crippen LogP contribution in [0.25, 0.3) is 0 Å². The predicted molar refractivity (Wildman–Crippen MR) is 126 cm³/mol. The van der Waals surface area contributed by atoms with E-state index in [1.54, 1.807) is 55.4 Å². The molecule has 0 radical (unpaired) electrons. The minimum Gasteiger partial charge on any atom is -0.378 e. The monoisotopic (exact) mass is 476 g/mol. The van der Waals surface area contributed by atoms with E-state index in [0.717, 1.165) is 12.1 Å². The number of thiocarbonyl (C=S) groups is 1. The minimum absolute atomic E-state index is 0.0803. The number of halogens is 4. The lowest BCUT2D eigenvalue weighted by atomic mass is 10.1. The van der Waals surface area contributed by atoms with Crippen molar-refractivity contribution in [2.24, 2.45) is 0 Å². The van der Waals surface area contributed by atoms with Gasteiger partial charge in [0, 0.05) is 36.8 Å². The van der Waals surface area contributed by atoms with Crippen molar-refractivity contribution in [2.45, 2.75) is 6.18 Å². The van der Waals surface area contributed by atoms with Gasteiger partial charge in [0.05, 0.1) is 11.1 Å². The number of nitrogens with one attached hydrogen (secondary N) is 3. The zero-order valence-electron chi connectivity index (χ0n) is 17.6. The van der Waals surface area contributed by atoms with Crippen molar-refractivity contribution in [3.05, 3.63) is 83.7 Å². The SMILES string of the molecule is CN(C)c1cc(NC(=S)Nc2ccc(NC(=O)c3ccccc3F)cc2)cc(C(F)(F)F)c1. The van der Waals surface area contributed by atoms with Gasteiger partial charge in [-0.1, -0.05) is 12.1 Å². The molecule has 0 aliphatic rings. The normalized spacial score (nSPS) is 11.0. The number of hydrogen-bond acceptors (Lipinski definition) is 3. The van der Waals surface area contributed by atoms with E-state index in [2.05, 4.69) is 16.0 Å². The van der Waals surface area contributed by atoms with Crippen LogP contribution in [-0.2, 0) is 6.18 Å². The maximum absolute atomic E-state index is 13.7. The van der Waals surface area contributed by atoms with E-state index in [1.165, 1.54) is 18.2 Å². The van der Waals surface area contributed by atoms with E-state index in [4.69, 9.17) is 12.2 Å². The summed E-state index contributed by atoms with van der Waals surface area (Å²) in [6.45, 7) is 0. The molecule has 0 atom stereocenters. The van der Waals surface area contributed by atoms with Gasteiger partial charge in [-0.3, -0.25) is 4.79 Å². The molecule has 3 aromatic rings. The van der Waals surface area contributed by atoms with Crippen molar-refractivity contribution < 1.29 is 22.4 Å². The molecule has 0 saturated heterocycles. The van der Waals surface area contributed by atoms with Crippen molar-refractivity contribution in [3.8, 4) is 0 Å². The van der Waals surface area contributed by atoms with Crippen LogP contribution in [0.2, 0.25) is 0 Å². The average Bonchev–Trinajstić information content (AvgIpc) is 2.74. The van der Waals surface area contributed by atoms with Gasteiger partial charge in [-0.2, -0.15) is 13.2 Å². The summed E-state index contributed by atoms with van der Waals surface area (Å²) in [6.07, 6.45) is -4.50. The summed E-state index contributed by atoms with van der Waals surface area (Å²) in [7, 11) is 3.28. The topological polar surface area (TPSA) is 56.4 Å². The number of nitrogens with zero attached hydrogens (tertiary/aromatic N) is 1. The van der Waals surface area contributed by atoms with Crippen molar-refractivity contribution >= 4 is 46.0 Å². The second kappa shape index (κ2) is 9.86. The first-order valence-corrected chi connectivity index (χ1v) is 10.1. The summed E-state index contributed by atoms with van der Waals surface area (Å²) >= 11 is 5.22. The maximum Gasteiger partial charge on any atom is 0.416 e. The van der Waals surface area contributed by atoms with Crippen molar-refractivity contribution in [2.75, 3.05) is 34.9 Å². The highest BCUT2D eigenvalue weighted by atomic mass is 32.1. The molecule has 0 aliphatic heterocycles. The fraction of sp³-hybridized carbons (Fsp3) is 0.130. The van der Waals surface area contributed by atoms with Crippen LogP contribution in [0, 0.1) is 5.82 Å². The van der Waals surface area contributed by atoms with Crippen LogP contribution in [0.3, 0.4) is 0 Å². The van der Waals surface area contributed by atoms with Crippen molar-refractivity contribution in [1.29, 1.82) is 0 Å². The molecule has 5 nitrogen and oxygen atoms in total. The Kier molecular flexibility index (Phi) is 7.17. The molecule has 0 aromatic heterocycles. The number of carbonyl (C=O) groups excluding carboxylic acids is 1. The third kappa shape index (κ3) is 6.42. The largest absolute Gasteiger partial charge is 0.416 e. The molecule has 3 N–H and O–H groups in total. The van der Waals surface area contributed by atoms with Crippen molar-refractivity contribution in [3.63, 3.8) is 0 Å². The zero-order chi connectivity index (χ0) is 24.2. The number of amides is 1. The molecule has 10 heteroatoms. The number of hydrogen-bond donors (Lipinski definition) is 3. The lowest BCUT2D eigenvalue weighted by Crippen LogP contribution is -2.20. The Morgan fingerprint density at radius 3 is 2.00 bits per heavy atom. The predicted octanol–water partition coefficient (Wildman–Crippen LogP) is 5.97. The fourth-order valence-electron chi connectivity index (χ4n) is 2.88. The van der Waals surface area contributed by atoms with E-state index in [0.29, 0.717) is 17.1 Å². The minimum atomic E-state index is -4.50. The van der Waals surface area contributed by atoms with Gasteiger partial charge in [-0.05, 0) is 66.8 Å². The quantitative estimate of drug-likeness (QED) is 0.313. The van der Waals surface area contributed by atoms with Crippen LogP contribution in [0.1, 0.15) is 15.9 Å². The molecular formula is C23H20F4N4OS. The summed E-state index contributed by atoms with van der Waals surface area (Å²) in [4.78, 5) is 13.8. The van der Waals surface area contributed by atoms with Gasteiger partial charge in [0.25, 0.3) is 5.91 Å². The van der Waals surface area contributed by atoms with Crippen LogP contribution in [-0.4, -0.2) is 25.1 Å². The Morgan fingerprint density at radius 2 is 1.42 bits per heavy atom. The highest BCUT2D eigenvalue weighted by molar-refractivity contribution is 7.80. The van der Waals surface area contributed by atoms with E-state index in [-0.39, 0.29) is 16.4 Å².